The lowest BCUT2D eigenvalue weighted by molar-refractivity contribution is -0.159. The Hall–Kier alpha value is -1.54. The zero-order valence-corrected chi connectivity index (χ0v) is 12.0. The first-order chi connectivity index (χ1) is 9.51. The number of carbonyl (C=O) groups is 2. The molecule has 2 fully saturated rings. The van der Waals surface area contributed by atoms with Crippen LogP contribution in [0.25, 0.3) is 0 Å². The second kappa shape index (κ2) is 6.27. The lowest BCUT2D eigenvalue weighted by atomic mass is 9.93. The molecule has 1 aromatic rings. The van der Waals surface area contributed by atoms with E-state index in [1.165, 1.54) is 31.1 Å². The Labute approximate surface area is 120 Å². The maximum absolute atomic E-state index is 9.10. The number of hydrogen-bond donors (Lipinski definition) is 2. The van der Waals surface area contributed by atoms with E-state index < -0.39 is 11.9 Å². The Morgan fingerprint density at radius 2 is 2.05 bits per heavy atom. The lowest BCUT2D eigenvalue weighted by Crippen LogP contribution is -2.22. The second-order valence-electron chi connectivity index (χ2n) is 4.93. The summed E-state index contributed by atoms with van der Waals surface area (Å²) >= 11 is 1.62. The summed E-state index contributed by atoms with van der Waals surface area (Å²) in [4.78, 5) is 25.4. The molecule has 2 saturated heterocycles. The van der Waals surface area contributed by atoms with Gasteiger partial charge in [0, 0.05) is 25.4 Å². The highest BCUT2D eigenvalue weighted by molar-refractivity contribution is 7.05. The fourth-order valence-electron chi connectivity index (χ4n) is 2.63. The molecule has 0 aliphatic carbocycles. The molecule has 0 amide bonds. The van der Waals surface area contributed by atoms with E-state index in [4.69, 9.17) is 19.8 Å². The van der Waals surface area contributed by atoms with Gasteiger partial charge in [0.2, 0.25) is 0 Å². The quantitative estimate of drug-likeness (QED) is 0.774. The van der Waals surface area contributed by atoms with E-state index >= 15 is 0 Å². The van der Waals surface area contributed by atoms with Crippen molar-refractivity contribution in [1.82, 2.24) is 14.3 Å². The Balaban J connectivity index is 0.000000212. The Morgan fingerprint density at radius 1 is 1.35 bits per heavy atom. The predicted molar refractivity (Wildman–Crippen MR) is 71.8 cm³/mol. The van der Waals surface area contributed by atoms with E-state index in [1.54, 1.807) is 11.5 Å². The maximum Gasteiger partial charge on any atom is 0.414 e. The Bertz CT molecular complexity index is 493. The Kier molecular flexibility index (Phi) is 4.66. The minimum atomic E-state index is -1.82. The van der Waals surface area contributed by atoms with Crippen LogP contribution in [0, 0.1) is 5.92 Å². The maximum atomic E-state index is 9.10. The van der Waals surface area contributed by atoms with Crippen LogP contribution in [0.2, 0.25) is 0 Å². The smallest absolute Gasteiger partial charge is 0.414 e. The molecule has 20 heavy (non-hydrogen) atoms. The molecular weight excluding hydrogens is 282 g/mol. The number of fused-ring (bicyclic) bond motifs is 2. The molecule has 3 atom stereocenters. The summed E-state index contributed by atoms with van der Waals surface area (Å²) in [6, 6.07) is 0. The summed E-state index contributed by atoms with van der Waals surface area (Å²) in [5, 5.41) is 16.1. The van der Waals surface area contributed by atoms with Gasteiger partial charge < -0.3 is 15.1 Å². The van der Waals surface area contributed by atoms with Crippen LogP contribution >= 0.6 is 11.5 Å². The zero-order valence-electron chi connectivity index (χ0n) is 11.2. The molecule has 2 bridgehead atoms. The zero-order chi connectivity index (χ0) is 14.7. The van der Waals surface area contributed by atoms with Gasteiger partial charge in [-0.3, -0.25) is 0 Å². The predicted octanol–water partition coefficient (Wildman–Crippen LogP) is 0.675. The van der Waals surface area contributed by atoms with Gasteiger partial charge in [0.15, 0.2) is 0 Å². The number of piperidine rings is 1. The fourth-order valence-corrected chi connectivity index (χ4v) is 3.54. The first-order valence-corrected chi connectivity index (χ1v) is 7.29. The number of carboxylic acids is 2. The van der Waals surface area contributed by atoms with Gasteiger partial charge in [-0.15, -0.1) is 0 Å². The Morgan fingerprint density at radius 3 is 2.45 bits per heavy atom. The van der Waals surface area contributed by atoms with Crippen LogP contribution in [0.3, 0.4) is 0 Å². The van der Waals surface area contributed by atoms with Gasteiger partial charge in [0.1, 0.15) is 10.8 Å². The van der Waals surface area contributed by atoms with Crippen LogP contribution < -0.4 is 0 Å². The topological polar surface area (TPSA) is 104 Å². The molecule has 1 aromatic heterocycles. The van der Waals surface area contributed by atoms with Crippen LogP contribution in [-0.2, 0) is 16.0 Å². The number of hydrogen-bond acceptors (Lipinski definition) is 6. The highest BCUT2D eigenvalue weighted by Crippen LogP contribution is 2.40. The minimum Gasteiger partial charge on any atom is -0.473 e. The molecule has 3 unspecified atom stereocenters. The summed E-state index contributed by atoms with van der Waals surface area (Å²) in [7, 11) is 0. The van der Waals surface area contributed by atoms with E-state index in [-0.39, 0.29) is 0 Å². The van der Waals surface area contributed by atoms with Gasteiger partial charge in [-0.2, -0.15) is 4.37 Å². The molecule has 2 aliphatic heterocycles. The highest BCUT2D eigenvalue weighted by atomic mass is 32.1. The molecule has 2 aliphatic rings. The third-order valence-corrected chi connectivity index (χ3v) is 4.52. The highest BCUT2D eigenvalue weighted by Gasteiger charge is 2.40. The first-order valence-electron chi connectivity index (χ1n) is 6.52. The van der Waals surface area contributed by atoms with Crippen molar-refractivity contribution in [3.63, 3.8) is 0 Å². The van der Waals surface area contributed by atoms with E-state index in [9.17, 15) is 0 Å². The van der Waals surface area contributed by atoms with Gasteiger partial charge in [0.25, 0.3) is 0 Å². The summed E-state index contributed by atoms with van der Waals surface area (Å²) in [5.74, 6) is -1.05. The first kappa shape index (κ1) is 14.9. The molecule has 0 aromatic carbocycles. The van der Waals surface area contributed by atoms with Gasteiger partial charge in [0.05, 0.1) is 0 Å². The van der Waals surface area contributed by atoms with Gasteiger partial charge >= 0.3 is 11.9 Å². The minimum absolute atomic E-state index is 0.696. The third-order valence-electron chi connectivity index (χ3n) is 3.63. The van der Waals surface area contributed by atoms with Crippen LogP contribution in [0.5, 0.6) is 0 Å². The van der Waals surface area contributed by atoms with Crippen molar-refractivity contribution >= 4 is 23.5 Å². The average molecular weight is 299 g/mol. The van der Waals surface area contributed by atoms with Crippen molar-refractivity contribution in [1.29, 1.82) is 0 Å². The number of nitrogens with zero attached hydrogens (tertiary/aromatic N) is 3. The normalized spacial score (nSPS) is 26.9. The number of rotatable bonds is 2. The molecular formula is C12H17N3O4S. The second-order valence-corrected chi connectivity index (χ2v) is 5.71. The summed E-state index contributed by atoms with van der Waals surface area (Å²) in [5.41, 5.74) is 0. The largest absolute Gasteiger partial charge is 0.473 e. The van der Waals surface area contributed by atoms with Gasteiger partial charge in [-0.25, -0.2) is 14.6 Å². The number of aromatic nitrogens is 2. The monoisotopic (exact) mass is 299 g/mol. The van der Waals surface area contributed by atoms with Crippen molar-refractivity contribution in [2.24, 2.45) is 5.92 Å². The van der Waals surface area contributed by atoms with Crippen LogP contribution in [0.15, 0.2) is 0 Å². The van der Waals surface area contributed by atoms with Crippen molar-refractivity contribution < 1.29 is 19.8 Å². The van der Waals surface area contributed by atoms with Crippen molar-refractivity contribution in [3.8, 4) is 0 Å². The summed E-state index contributed by atoms with van der Waals surface area (Å²) in [6.07, 6.45) is 2.34. The van der Waals surface area contributed by atoms with Crippen LogP contribution in [0.4, 0.5) is 0 Å². The molecule has 0 spiro atoms. The van der Waals surface area contributed by atoms with E-state index in [2.05, 4.69) is 21.2 Å². The molecule has 110 valence electrons. The van der Waals surface area contributed by atoms with Crippen molar-refractivity contribution in [2.75, 3.05) is 19.6 Å². The molecule has 8 heteroatoms. The van der Waals surface area contributed by atoms with Crippen LogP contribution in [-0.4, -0.2) is 56.0 Å². The van der Waals surface area contributed by atoms with E-state index in [0.29, 0.717) is 5.92 Å². The molecule has 3 heterocycles. The standard InChI is InChI=1S/C10H15N3S.C2H2O4/c1-2-9-11-10(14-12-9)8-6-13-4-3-7(8)5-13;3-1(4)2(5)6/h7-8H,2-6H2,1H3;(H,3,4)(H,5,6). The van der Waals surface area contributed by atoms with E-state index in [1.807, 2.05) is 0 Å². The molecule has 0 saturated carbocycles. The lowest BCUT2D eigenvalue weighted by Gasteiger charge is -2.19. The van der Waals surface area contributed by atoms with Gasteiger partial charge in [-0.05, 0) is 30.4 Å². The van der Waals surface area contributed by atoms with Gasteiger partial charge in [-0.1, -0.05) is 6.92 Å². The van der Waals surface area contributed by atoms with E-state index in [0.717, 1.165) is 18.2 Å². The van der Waals surface area contributed by atoms with Crippen molar-refractivity contribution in [3.05, 3.63) is 10.8 Å². The third kappa shape index (κ3) is 3.31. The number of carboxylic acid groups (broad SMARTS) is 2. The number of aryl methyl sites for hydroxylation is 1. The fraction of sp³-hybridized carbons (Fsp3) is 0.667. The number of aliphatic carboxylic acids is 2. The average Bonchev–Trinajstić information content (AvgIpc) is 3.14. The SMILES string of the molecule is CCc1nsc(C2CN3CCC2C3)n1.O=C(O)C(=O)O. The molecule has 2 N–H and O–H groups in total. The molecule has 3 rings (SSSR count). The molecule has 7 nitrogen and oxygen atoms in total. The molecule has 0 radical (unpaired) electrons. The van der Waals surface area contributed by atoms with Crippen LogP contribution in [0.1, 0.15) is 30.1 Å². The van der Waals surface area contributed by atoms with Crippen molar-refractivity contribution in [2.45, 2.75) is 25.7 Å². The summed E-state index contributed by atoms with van der Waals surface area (Å²) < 4.78 is 4.37. The summed E-state index contributed by atoms with van der Waals surface area (Å²) in [6.45, 7) is 5.95.